The Hall–Kier alpha value is -2.97. The number of rotatable bonds is 4. The van der Waals surface area contributed by atoms with E-state index in [-0.39, 0.29) is 19.0 Å². The van der Waals surface area contributed by atoms with E-state index in [1.54, 1.807) is 18.1 Å². The summed E-state index contributed by atoms with van der Waals surface area (Å²) in [4.78, 5) is 19.6. The van der Waals surface area contributed by atoms with Gasteiger partial charge in [-0.1, -0.05) is 12.1 Å². The molecule has 174 valence electrons. The van der Waals surface area contributed by atoms with E-state index in [0.717, 1.165) is 33.4 Å². The van der Waals surface area contributed by atoms with Crippen LogP contribution in [-0.2, 0) is 10.0 Å². The first-order valence-electron chi connectivity index (χ1n) is 10.9. The number of aromatic nitrogens is 1. The van der Waals surface area contributed by atoms with E-state index in [4.69, 9.17) is 4.74 Å². The van der Waals surface area contributed by atoms with Gasteiger partial charge in [0.05, 0.1) is 17.5 Å². The zero-order valence-electron chi connectivity index (χ0n) is 19.7. The molecule has 4 rings (SSSR count). The standard InChI is InChI=1S/C25H29N3O4S/c1-16-14-17(2)19(4)24(18(16)3)33(30,31)28-12-10-27(11-13-28)25(29)23-8-6-20-15-21(32-5)7-9-22(20)26-23/h6-9,14-15H,10-13H2,1-5H3. The quantitative estimate of drug-likeness (QED) is 0.586. The summed E-state index contributed by atoms with van der Waals surface area (Å²) in [5, 5.41) is 0.890. The molecule has 0 aliphatic carbocycles. The maximum atomic E-state index is 13.5. The van der Waals surface area contributed by atoms with Gasteiger partial charge in [0.2, 0.25) is 10.0 Å². The zero-order valence-corrected chi connectivity index (χ0v) is 20.5. The van der Waals surface area contributed by atoms with Gasteiger partial charge in [0.1, 0.15) is 11.4 Å². The minimum atomic E-state index is -3.65. The molecule has 1 aliphatic rings. The van der Waals surface area contributed by atoms with Crippen molar-refractivity contribution in [2.24, 2.45) is 0 Å². The van der Waals surface area contributed by atoms with Gasteiger partial charge in [0, 0.05) is 31.6 Å². The Morgan fingerprint density at radius 1 is 0.909 bits per heavy atom. The Bertz CT molecular complexity index is 1320. The number of hydrogen-bond donors (Lipinski definition) is 0. The molecule has 33 heavy (non-hydrogen) atoms. The summed E-state index contributed by atoms with van der Waals surface area (Å²) in [5.41, 5.74) is 4.56. The lowest BCUT2D eigenvalue weighted by Crippen LogP contribution is -2.50. The summed E-state index contributed by atoms with van der Waals surface area (Å²) in [6, 6.07) is 11.1. The SMILES string of the molecule is COc1ccc2nc(C(=O)N3CCN(S(=O)(=O)c4c(C)c(C)cc(C)c4C)CC3)ccc2c1. The summed E-state index contributed by atoms with van der Waals surface area (Å²) in [7, 11) is -2.04. The van der Waals surface area contributed by atoms with Crippen LogP contribution >= 0.6 is 0 Å². The molecular weight excluding hydrogens is 438 g/mol. The van der Waals surface area contributed by atoms with Gasteiger partial charge in [0.15, 0.2) is 0 Å². The monoisotopic (exact) mass is 467 g/mol. The second-order valence-electron chi connectivity index (χ2n) is 8.54. The molecule has 1 fully saturated rings. The number of hydrogen-bond acceptors (Lipinski definition) is 5. The van der Waals surface area contributed by atoms with Gasteiger partial charge in [-0.25, -0.2) is 13.4 Å². The minimum Gasteiger partial charge on any atom is -0.497 e. The van der Waals surface area contributed by atoms with Crippen molar-refractivity contribution in [1.82, 2.24) is 14.2 Å². The summed E-state index contributed by atoms with van der Waals surface area (Å²) in [6.45, 7) is 8.74. The van der Waals surface area contributed by atoms with Crippen molar-refractivity contribution in [3.8, 4) is 5.75 Å². The number of sulfonamides is 1. The number of methoxy groups -OCH3 is 1. The number of benzene rings is 2. The lowest BCUT2D eigenvalue weighted by atomic mass is 10.0. The fourth-order valence-electron chi connectivity index (χ4n) is 4.34. The van der Waals surface area contributed by atoms with Crippen LogP contribution in [0.25, 0.3) is 10.9 Å². The number of ether oxygens (including phenoxy) is 1. The predicted molar refractivity (Wildman–Crippen MR) is 128 cm³/mol. The molecular formula is C25H29N3O4S. The third kappa shape index (κ3) is 4.20. The Kier molecular flexibility index (Phi) is 6.16. The van der Waals surface area contributed by atoms with Crippen LogP contribution in [0, 0.1) is 27.7 Å². The lowest BCUT2D eigenvalue weighted by molar-refractivity contribution is 0.0692. The topological polar surface area (TPSA) is 79.8 Å². The van der Waals surface area contributed by atoms with Crippen molar-refractivity contribution in [2.45, 2.75) is 32.6 Å². The third-order valence-electron chi connectivity index (χ3n) is 6.54. The van der Waals surface area contributed by atoms with E-state index in [1.807, 2.05) is 58.0 Å². The highest BCUT2D eigenvalue weighted by atomic mass is 32.2. The molecule has 0 N–H and O–H groups in total. The molecule has 2 heterocycles. The summed E-state index contributed by atoms with van der Waals surface area (Å²) in [5.74, 6) is 0.540. The molecule has 8 heteroatoms. The average Bonchev–Trinajstić information content (AvgIpc) is 2.81. The van der Waals surface area contributed by atoms with Crippen molar-refractivity contribution in [1.29, 1.82) is 0 Å². The normalized spacial score (nSPS) is 15.1. The largest absolute Gasteiger partial charge is 0.497 e. The van der Waals surface area contributed by atoms with Crippen molar-refractivity contribution in [3.05, 3.63) is 64.3 Å². The number of pyridine rings is 1. The number of carbonyl (C=O) groups excluding carboxylic acids is 1. The molecule has 1 amide bonds. The Morgan fingerprint density at radius 3 is 2.15 bits per heavy atom. The van der Waals surface area contributed by atoms with Crippen LogP contribution in [0.15, 0.2) is 41.3 Å². The van der Waals surface area contributed by atoms with E-state index in [1.165, 1.54) is 4.31 Å². The fraction of sp³-hybridized carbons (Fsp3) is 0.360. The van der Waals surface area contributed by atoms with Gasteiger partial charge >= 0.3 is 0 Å². The highest BCUT2D eigenvalue weighted by Gasteiger charge is 2.33. The molecule has 0 bridgehead atoms. The highest BCUT2D eigenvalue weighted by Crippen LogP contribution is 2.29. The molecule has 7 nitrogen and oxygen atoms in total. The van der Waals surface area contributed by atoms with Gasteiger partial charge < -0.3 is 9.64 Å². The summed E-state index contributed by atoms with van der Waals surface area (Å²) in [6.07, 6.45) is 0. The molecule has 1 aromatic heterocycles. The molecule has 3 aromatic rings. The number of carbonyl (C=O) groups is 1. The Labute approximate surface area is 195 Å². The first-order valence-corrected chi connectivity index (χ1v) is 12.4. The number of aryl methyl sites for hydroxylation is 2. The van der Waals surface area contributed by atoms with Crippen LogP contribution in [0.4, 0.5) is 0 Å². The molecule has 2 aromatic carbocycles. The van der Waals surface area contributed by atoms with Crippen LogP contribution < -0.4 is 4.74 Å². The Morgan fingerprint density at radius 2 is 1.55 bits per heavy atom. The van der Waals surface area contributed by atoms with E-state index >= 15 is 0 Å². The second-order valence-corrected chi connectivity index (χ2v) is 10.4. The zero-order chi connectivity index (χ0) is 23.9. The predicted octanol–water partition coefficient (Wildman–Crippen LogP) is 3.62. The number of nitrogens with zero attached hydrogens (tertiary/aromatic N) is 3. The maximum Gasteiger partial charge on any atom is 0.272 e. The first-order chi connectivity index (χ1) is 15.6. The van der Waals surface area contributed by atoms with E-state index in [2.05, 4.69) is 4.98 Å². The van der Waals surface area contributed by atoms with Crippen LogP contribution in [-0.4, -0.2) is 61.8 Å². The van der Waals surface area contributed by atoms with E-state index < -0.39 is 10.0 Å². The molecule has 0 spiro atoms. The second kappa shape index (κ2) is 8.76. The van der Waals surface area contributed by atoms with Crippen LogP contribution in [0.2, 0.25) is 0 Å². The van der Waals surface area contributed by atoms with Crippen molar-refractivity contribution in [3.63, 3.8) is 0 Å². The number of fused-ring (bicyclic) bond motifs is 1. The fourth-order valence-corrected chi connectivity index (χ4v) is 6.34. The lowest BCUT2D eigenvalue weighted by Gasteiger charge is -2.34. The number of piperazine rings is 1. The van der Waals surface area contributed by atoms with Crippen molar-refractivity contribution >= 4 is 26.8 Å². The van der Waals surface area contributed by atoms with Crippen LogP contribution in [0.3, 0.4) is 0 Å². The van der Waals surface area contributed by atoms with Gasteiger partial charge in [0.25, 0.3) is 5.91 Å². The molecule has 1 saturated heterocycles. The van der Waals surface area contributed by atoms with Gasteiger partial charge in [-0.3, -0.25) is 4.79 Å². The Balaban J connectivity index is 1.52. The van der Waals surface area contributed by atoms with Crippen LogP contribution in [0.1, 0.15) is 32.7 Å². The molecule has 0 atom stereocenters. The van der Waals surface area contributed by atoms with Gasteiger partial charge in [-0.05, 0) is 74.2 Å². The maximum absolute atomic E-state index is 13.5. The molecule has 0 saturated carbocycles. The van der Waals surface area contributed by atoms with E-state index in [9.17, 15) is 13.2 Å². The average molecular weight is 468 g/mol. The minimum absolute atomic E-state index is 0.191. The van der Waals surface area contributed by atoms with Crippen molar-refractivity contribution < 1.29 is 17.9 Å². The third-order valence-corrected chi connectivity index (χ3v) is 8.71. The van der Waals surface area contributed by atoms with Crippen LogP contribution in [0.5, 0.6) is 5.75 Å². The number of amides is 1. The van der Waals surface area contributed by atoms with Gasteiger partial charge in [-0.15, -0.1) is 0 Å². The summed E-state index contributed by atoms with van der Waals surface area (Å²) < 4.78 is 33.7. The van der Waals surface area contributed by atoms with E-state index in [0.29, 0.717) is 29.2 Å². The highest BCUT2D eigenvalue weighted by molar-refractivity contribution is 7.89. The molecule has 0 unspecified atom stereocenters. The molecule has 0 radical (unpaired) electrons. The van der Waals surface area contributed by atoms with Gasteiger partial charge in [-0.2, -0.15) is 4.31 Å². The van der Waals surface area contributed by atoms with Crippen molar-refractivity contribution in [2.75, 3.05) is 33.3 Å². The first kappa shape index (κ1) is 23.2. The summed E-state index contributed by atoms with van der Waals surface area (Å²) >= 11 is 0. The smallest absolute Gasteiger partial charge is 0.272 e. The molecule has 1 aliphatic heterocycles.